The molecule has 126 valence electrons. The van der Waals surface area contributed by atoms with Gasteiger partial charge in [0, 0.05) is 28.6 Å². The predicted molar refractivity (Wildman–Crippen MR) is 105 cm³/mol. The Kier molecular flexibility index (Phi) is 3.39. The van der Waals surface area contributed by atoms with Crippen molar-refractivity contribution in [2.45, 2.75) is 6.42 Å². The molecule has 2 heterocycles. The number of amides is 1. The third-order valence-corrected chi connectivity index (χ3v) is 5.11. The Balaban J connectivity index is 1.81. The summed E-state index contributed by atoms with van der Waals surface area (Å²) in [6, 6.07) is 24.8. The monoisotopic (exact) mass is 338 g/mol. The molecule has 26 heavy (non-hydrogen) atoms. The van der Waals surface area contributed by atoms with Crippen LogP contribution < -0.4 is 5.32 Å². The van der Waals surface area contributed by atoms with E-state index in [1.165, 1.54) is 22.3 Å². The van der Waals surface area contributed by atoms with Crippen molar-refractivity contribution in [2.24, 2.45) is 0 Å². The molecule has 1 aliphatic rings. The second-order valence-electron chi connectivity index (χ2n) is 6.62. The van der Waals surface area contributed by atoms with Crippen LogP contribution in [0.5, 0.6) is 0 Å². The van der Waals surface area contributed by atoms with Crippen molar-refractivity contribution in [1.29, 1.82) is 0 Å². The average Bonchev–Trinajstić information content (AvgIpc) is 2.98. The molecule has 0 fully saturated rings. The zero-order chi connectivity index (χ0) is 17.5. The Morgan fingerprint density at radius 1 is 0.731 bits per heavy atom. The molecule has 3 nitrogen and oxygen atoms in total. The highest BCUT2D eigenvalue weighted by Crippen LogP contribution is 2.38. The van der Waals surface area contributed by atoms with Crippen LogP contribution in [0.25, 0.3) is 33.3 Å². The summed E-state index contributed by atoms with van der Waals surface area (Å²) in [5, 5.41) is 4.07. The standard InChI is InChI=1S/C23H18N2O/c26-23-19-11-6-12-20-21(19)18(13-14-24-23)22(25-20)17-10-5-4-9-16(17)15-7-2-1-3-8-15/h1-12,25H,13-14H2,(H,24,26). The number of carbonyl (C=O) groups is 1. The van der Waals surface area contributed by atoms with Crippen molar-refractivity contribution in [3.63, 3.8) is 0 Å². The molecule has 3 heteroatoms. The normalized spacial score (nSPS) is 13.5. The summed E-state index contributed by atoms with van der Waals surface area (Å²) in [5.41, 5.74) is 7.67. The summed E-state index contributed by atoms with van der Waals surface area (Å²) in [5.74, 6) is 0.0104. The third kappa shape index (κ3) is 2.25. The maximum Gasteiger partial charge on any atom is 0.251 e. The van der Waals surface area contributed by atoms with Gasteiger partial charge >= 0.3 is 0 Å². The van der Waals surface area contributed by atoms with Gasteiger partial charge in [0.05, 0.1) is 5.69 Å². The highest BCUT2D eigenvalue weighted by Gasteiger charge is 2.23. The molecule has 3 aromatic carbocycles. The van der Waals surface area contributed by atoms with Crippen molar-refractivity contribution in [3.8, 4) is 22.4 Å². The molecule has 0 saturated heterocycles. The second kappa shape index (κ2) is 5.88. The molecular formula is C23H18N2O. The second-order valence-corrected chi connectivity index (χ2v) is 6.62. The zero-order valence-corrected chi connectivity index (χ0v) is 14.3. The maximum absolute atomic E-state index is 12.4. The van der Waals surface area contributed by atoms with E-state index in [0.717, 1.165) is 28.6 Å². The SMILES string of the molecule is O=C1NCCc2c(-c3ccccc3-c3ccccc3)[nH]c3cccc1c23. The summed E-state index contributed by atoms with van der Waals surface area (Å²) in [4.78, 5) is 16.0. The summed E-state index contributed by atoms with van der Waals surface area (Å²) in [6.45, 7) is 0.654. The van der Waals surface area contributed by atoms with E-state index in [1.54, 1.807) is 0 Å². The molecular weight excluding hydrogens is 320 g/mol. The number of hydrogen-bond donors (Lipinski definition) is 2. The molecule has 0 saturated carbocycles. The van der Waals surface area contributed by atoms with Gasteiger partial charge in [-0.1, -0.05) is 60.7 Å². The predicted octanol–water partition coefficient (Wildman–Crippen LogP) is 4.79. The van der Waals surface area contributed by atoms with Gasteiger partial charge in [-0.15, -0.1) is 0 Å². The van der Waals surface area contributed by atoms with Crippen molar-refractivity contribution >= 4 is 16.8 Å². The van der Waals surface area contributed by atoms with Crippen LogP contribution >= 0.6 is 0 Å². The third-order valence-electron chi connectivity index (χ3n) is 5.11. The Bertz CT molecular complexity index is 1130. The van der Waals surface area contributed by atoms with Crippen LogP contribution in [0.2, 0.25) is 0 Å². The fourth-order valence-electron chi connectivity index (χ4n) is 3.95. The first-order valence-electron chi connectivity index (χ1n) is 8.89. The van der Waals surface area contributed by atoms with Crippen molar-refractivity contribution in [1.82, 2.24) is 10.3 Å². The van der Waals surface area contributed by atoms with Gasteiger partial charge in [-0.05, 0) is 35.2 Å². The van der Waals surface area contributed by atoms with Gasteiger partial charge in [0.25, 0.3) is 5.91 Å². The first-order chi connectivity index (χ1) is 12.8. The highest BCUT2D eigenvalue weighted by atomic mass is 16.1. The fourth-order valence-corrected chi connectivity index (χ4v) is 3.95. The van der Waals surface area contributed by atoms with Gasteiger partial charge in [-0.2, -0.15) is 0 Å². The number of nitrogens with one attached hydrogen (secondary N) is 2. The lowest BCUT2D eigenvalue weighted by Crippen LogP contribution is -2.23. The summed E-state index contributed by atoms with van der Waals surface area (Å²) in [7, 11) is 0. The lowest BCUT2D eigenvalue weighted by Gasteiger charge is -2.11. The lowest BCUT2D eigenvalue weighted by molar-refractivity contribution is 0.0957. The van der Waals surface area contributed by atoms with Crippen LogP contribution in [0.4, 0.5) is 0 Å². The quantitative estimate of drug-likeness (QED) is 0.542. The van der Waals surface area contributed by atoms with Crippen LogP contribution in [0.3, 0.4) is 0 Å². The van der Waals surface area contributed by atoms with Crippen LogP contribution in [0, 0.1) is 0 Å². The minimum atomic E-state index is 0.0104. The molecule has 0 radical (unpaired) electrons. The number of carbonyl (C=O) groups excluding carboxylic acids is 1. The van der Waals surface area contributed by atoms with E-state index in [2.05, 4.69) is 64.9 Å². The molecule has 1 aromatic heterocycles. The van der Waals surface area contributed by atoms with E-state index < -0.39 is 0 Å². The first-order valence-corrected chi connectivity index (χ1v) is 8.89. The maximum atomic E-state index is 12.4. The number of aromatic nitrogens is 1. The van der Waals surface area contributed by atoms with Gasteiger partial charge in [-0.25, -0.2) is 0 Å². The lowest BCUT2D eigenvalue weighted by atomic mass is 9.94. The zero-order valence-electron chi connectivity index (χ0n) is 14.3. The Morgan fingerprint density at radius 3 is 2.31 bits per heavy atom. The molecule has 4 aromatic rings. The molecule has 1 aliphatic heterocycles. The van der Waals surface area contributed by atoms with E-state index in [1.807, 2.05) is 18.2 Å². The number of rotatable bonds is 2. The molecule has 1 amide bonds. The summed E-state index contributed by atoms with van der Waals surface area (Å²) >= 11 is 0. The van der Waals surface area contributed by atoms with Crippen LogP contribution in [0.1, 0.15) is 15.9 Å². The number of hydrogen-bond acceptors (Lipinski definition) is 1. The topological polar surface area (TPSA) is 44.9 Å². The molecule has 5 rings (SSSR count). The van der Waals surface area contributed by atoms with Crippen LogP contribution in [-0.2, 0) is 6.42 Å². The molecule has 2 N–H and O–H groups in total. The first kappa shape index (κ1) is 15.0. The van der Waals surface area contributed by atoms with E-state index >= 15 is 0 Å². The van der Waals surface area contributed by atoms with Gasteiger partial charge in [0.1, 0.15) is 0 Å². The van der Waals surface area contributed by atoms with E-state index in [9.17, 15) is 4.79 Å². The van der Waals surface area contributed by atoms with E-state index in [-0.39, 0.29) is 5.91 Å². The smallest absolute Gasteiger partial charge is 0.251 e. The van der Waals surface area contributed by atoms with Gasteiger partial charge in [-0.3, -0.25) is 4.79 Å². The number of aromatic amines is 1. The molecule has 0 spiro atoms. The van der Waals surface area contributed by atoms with Crippen LogP contribution in [-0.4, -0.2) is 17.4 Å². The Labute approximate surface area is 151 Å². The average molecular weight is 338 g/mol. The number of H-pyrrole nitrogens is 1. The largest absolute Gasteiger partial charge is 0.354 e. The summed E-state index contributed by atoms with van der Waals surface area (Å²) < 4.78 is 0. The minimum Gasteiger partial charge on any atom is -0.354 e. The molecule has 0 bridgehead atoms. The van der Waals surface area contributed by atoms with Crippen molar-refractivity contribution in [2.75, 3.05) is 6.54 Å². The Morgan fingerprint density at radius 2 is 1.46 bits per heavy atom. The van der Waals surface area contributed by atoms with Crippen molar-refractivity contribution in [3.05, 3.63) is 83.9 Å². The summed E-state index contributed by atoms with van der Waals surface area (Å²) in [6.07, 6.45) is 0.821. The van der Waals surface area contributed by atoms with E-state index in [0.29, 0.717) is 6.54 Å². The number of benzene rings is 3. The van der Waals surface area contributed by atoms with Gasteiger partial charge < -0.3 is 10.3 Å². The molecule has 0 aliphatic carbocycles. The highest BCUT2D eigenvalue weighted by molar-refractivity contribution is 6.10. The Hall–Kier alpha value is -3.33. The molecule has 0 unspecified atom stereocenters. The molecule has 0 atom stereocenters. The minimum absolute atomic E-state index is 0.0104. The van der Waals surface area contributed by atoms with Crippen LogP contribution in [0.15, 0.2) is 72.8 Å². The van der Waals surface area contributed by atoms with Gasteiger partial charge in [0.2, 0.25) is 0 Å². The van der Waals surface area contributed by atoms with Crippen molar-refractivity contribution < 1.29 is 4.79 Å². The fraction of sp³-hybridized carbons (Fsp3) is 0.0870. The van der Waals surface area contributed by atoms with Gasteiger partial charge in [0.15, 0.2) is 0 Å². The van der Waals surface area contributed by atoms with E-state index in [4.69, 9.17) is 0 Å².